The number of aromatic nitrogens is 1. The van der Waals surface area contributed by atoms with Crippen LogP contribution in [0.1, 0.15) is 42.3 Å². The first-order chi connectivity index (χ1) is 10.2. The highest BCUT2D eigenvalue weighted by Crippen LogP contribution is 2.22. The van der Waals surface area contributed by atoms with Crippen LogP contribution in [0.2, 0.25) is 0 Å². The fourth-order valence-corrected chi connectivity index (χ4v) is 2.47. The summed E-state index contributed by atoms with van der Waals surface area (Å²) >= 11 is 0. The Bertz CT molecular complexity index is 578. The van der Waals surface area contributed by atoms with Crippen molar-refractivity contribution in [3.8, 4) is 0 Å². The lowest BCUT2D eigenvalue weighted by Gasteiger charge is -2.19. The summed E-state index contributed by atoms with van der Waals surface area (Å²) in [7, 11) is 0. The van der Waals surface area contributed by atoms with Crippen molar-refractivity contribution in [2.75, 3.05) is 6.54 Å². The topological polar surface area (TPSA) is 24.9 Å². The Balaban J connectivity index is 2.24. The van der Waals surface area contributed by atoms with Crippen LogP contribution >= 0.6 is 0 Å². The van der Waals surface area contributed by atoms with E-state index in [2.05, 4.69) is 23.3 Å². The molecular formula is C18H23FN2. The highest BCUT2D eigenvalue weighted by molar-refractivity contribution is 5.29. The fourth-order valence-electron chi connectivity index (χ4n) is 2.47. The van der Waals surface area contributed by atoms with E-state index in [-0.39, 0.29) is 11.9 Å². The molecule has 2 nitrogen and oxygen atoms in total. The molecule has 1 heterocycles. The molecule has 2 rings (SSSR count). The van der Waals surface area contributed by atoms with Crippen LogP contribution < -0.4 is 5.32 Å². The Labute approximate surface area is 126 Å². The predicted octanol–water partition coefficient (Wildman–Crippen LogP) is 3.98. The third-order valence-electron chi connectivity index (χ3n) is 3.76. The SMILES string of the molecule is CCNC(Cc1ccc(CC)cn1)c1cccc(C)c1F. The number of nitrogens with one attached hydrogen (secondary N) is 1. The molecule has 0 amide bonds. The van der Waals surface area contributed by atoms with Gasteiger partial charge in [0.05, 0.1) is 0 Å². The van der Waals surface area contributed by atoms with E-state index in [4.69, 9.17) is 0 Å². The summed E-state index contributed by atoms with van der Waals surface area (Å²) in [6.45, 7) is 6.75. The maximum atomic E-state index is 14.3. The Kier molecular flexibility index (Phi) is 5.45. The molecule has 1 atom stereocenters. The molecule has 0 aliphatic carbocycles. The van der Waals surface area contributed by atoms with Crippen LogP contribution in [0.4, 0.5) is 4.39 Å². The molecule has 0 fully saturated rings. The van der Waals surface area contributed by atoms with Crippen molar-refractivity contribution >= 4 is 0 Å². The summed E-state index contributed by atoms with van der Waals surface area (Å²) in [6.07, 6.45) is 3.58. The van der Waals surface area contributed by atoms with Crippen molar-refractivity contribution in [2.24, 2.45) is 0 Å². The van der Waals surface area contributed by atoms with Crippen LogP contribution in [-0.2, 0) is 12.8 Å². The molecule has 0 saturated heterocycles. The zero-order valence-corrected chi connectivity index (χ0v) is 13.0. The standard InChI is InChI=1S/C18H23FN2/c1-4-14-9-10-15(21-12-14)11-17(20-5-2)16-8-6-7-13(3)18(16)19/h6-10,12,17,20H,4-5,11H2,1-3H3. The van der Waals surface area contributed by atoms with Crippen LogP contribution in [0.15, 0.2) is 36.5 Å². The maximum absolute atomic E-state index is 14.3. The van der Waals surface area contributed by atoms with Crippen molar-refractivity contribution in [2.45, 2.75) is 39.7 Å². The van der Waals surface area contributed by atoms with Gasteiger partial charge in [-0.1, -0.05) is 38.1 Å². The molecule has 1 aromatic heterocycles. The highest BCUT2D eigenvalue weighted by Gasteiger charge is 2.17. The number of pyridine rings is 1. The van der Waals surface area contributed by atoms with E-state index in [9.17, 15) is 4.39 Å². The average molecular weight is 286 g/mol. The molecule has 1 aromatic carbocycles. The Hall–Kier alpha value is -1.74. The average Bonchev–Trinajstić information content (AvgIpc) is 2.50. The smallest absolute Gasteiger partial charge is 0.130 e. The van der Waals surface area contributed by atoms with E-state index in [0.717, 1.165) is 24.2 Å². The second-order valence-corrected chi connectivity index (χ2v) is 5.30. The molecule has 21 heavy (non-hydrogen) atoms. The number of rotatable bonds is 6. The summed E-state index contributed by atoms with van der Waals surface area (Å²) in [4.78, 5) is 4.49. The van der Waals surface area contributed by atoms with Crippen molar-refractivity contribution in [3.05, 3.63) is 64.7 Å². The first kappa shape index (κ1) is 15.6. The monoisotopic (exact) mass is 286 g/mol. The van der Waals surface area contributed by atoms with E-state index in [1.165, 1.54) is 5.56 Å². The molecule has 0 bridgehead atoms. The second-order valence-electron chi connectivity index (χ2n) is 5.30. The van der Waals surface area contributed by atoms with Gasteiger partial charge in [-0.3, -0.25) is 4.98 Å². The van der Waals surface area contributed by atoms with Crippen LogP contribution in [-0.4, -0.2) is 11.5 Å². The van der Waals surface area contributed by atoms with Crippen LogP contribution in [0.25, 0.3) is 0 Å². The van der Waals surface area contributed by atoms with Crippen molar-refractivity contribution in [1.29, 1.82) is 0 Å². The zero-order chi connectivity index (χ0) is 15.2. The molecule has 1 unspecified atom stereocenters. The summed E-state index contributed by atoms with van der Waals surface area (Å²) in [5.41, 5.74) is 3.61. The molecule has 0 saturated carbocycles. The van der Waals surface area contributed by atoms with E-state index in [0.29, 0.717) is 12.0 Å². The molecule has 0 aliphatic heterocycles. The minimum Gasteiger partial charge on any atom is -0.310 e. The van der Waals surface area contributed by atoms with Crippen molar-refractivity contribution in [1.82, 2.24) is 10.3 Å². The minimum atomic E-state index is -0.117. The van der Waals surface area contributed by atoms with Crippen LogP contribution in [0, 0.1) is 12.7 Å². The summed E-state index contributed by atoms with van der Waals surface area (Å²) in [5, 5.41) is 3.36. The summed E-state index contributed by atoms with van der Waals surface area (Å²) < 4.78 is 14.3. The second kappa shape index (κ2) is 7.32. The normalized spacial score (nSPS) is 12.4. The van der Waals surface area contributed by atoms with Gasteiger partial charge in [-0.15, -0.1) is 0 Å². The predicted molar refractivity (Wildman–Crippen MR) is 84.9 cm³/mol. The summed E-state index contributed by atoms with van der Waals surface area (Å²) in [5.74, 6) is -0.117. The third kappa shape index (κ3) is 3.88. The Morgan fingerprint density at radius 2 is 2.00 bits per heavy atom. The zero-order valence-electron chi connectivity index (χ0n) is 13.0. The Morgan fingerprint density at radius 1 is 1.19 bits per heavy atom. The molecule has 0 aliphatic rings. The van der Waals surface area contributed by atoms with Gasteiger partial charge in [0.2, 0.25) is 0 Å². The van der Waals surface area contributed by atoms with Gasteiger partial charge in [0.15, 0.2) is 0 Å². The van der Waals surface area contributed by atoms with E-state index in [1.54, 1.807) is 13.0 Å². The minimum absolute atomic E-state index is 0.0464. The van der Waals surface area contributed by atoms with Gasteiger partial charge in [-0.05, 0) is 37.1 Å². The molecule has 112 valence electrons. The fraction of sp³-hybridized carbons (Fsp3) is 0.389. The third-order valence-corrected chi connectivity index (χ3v) is 3.76. The number of nitrogens with zero attached hydrogens (tertiary/aromatic N) is 1. The number of benzene rings is 1. The van der Waals surface area contributed by atoms with Crippen molar-refractivity contribution in [3.63, 3.8) is 0 Å². The van der Waals surface area contributed by atoms with Gasteiger partial charge < -0.3 is 5.32 Å². The summed E-state index contributed by atoms with van der Waals surface area (Å²) in [6, 6.07) is 9.65. The van der Waals surface area contributed by atoms with Crippen LogP contribution in [0.3, 0.4) is 0 Å². The lowest BCUT2D eigenvalue weighted by Crippen LogP contribution is -2.24. The molecular weight excluding hydrogens is 263 g/mol. The first-order valence-electron chi connectivity index (χ1n) is 7.57. The Morgan fingerprint density at radius 3 is 2.62 bits per heavy atom. The van der Waals surface area contributed by atoms with Crippen molar-refractivity contribution < 1.29 is 4.39 Å². The number of halogens is 1. The van der Waals surface area contributed by atoms with E-state index in [1.807, 2.05) is 31.3 Å². The number of aryl methyl sites for hydroxylation is 2. The van der Waals surface area contributed by atoms with E-state index >= 15 is 0 Å². The number of hydrogen-bond acceptors (Lipinski definition) is 2. The molecule has 1 N–H and O–H groups in total. The lowest BCUT2D eigenvalue weighted by atomic mass is 9.98. The first-order valence-corrected chi connectivity index (χ1v) is 7.57. The van der Waals surface area contributed by atoms with Gasteiger partial charge >= 0.3 is 0 Å². The molecule has 0 radical (unpaired) electrons. The molecule has 0 spiro atoms. The highest BCUT2D eigenvalue weighted by atomic mass is 19.1. The number of hydrogen-bond donors (Lipinski definition) is 1. The molecule has 3 heteroatoms. The van der Waals surface area contributed by atoms with Gasteiger partial charge in [0.25, 0.3) is 0 Å². The number of likely N-dealkylation sites (N-methyl/N-ethyl adjacent to an activating group) is 1. The quantitative estimate of drug-likeness (QED) is 0.868. The van der Waals surface area contributed by atoms with Crippen LogP contribution in [0.5, 0.6) is 0 Å². The van der Waals surface area contributed by atoms with E-state index < -0.39 is 0 Å². The molecule has 2 aromatic rings. The maximum Gasteiger partial charge on any atom is 0.130 e. The lowest BCUT2D eigenvalue weighted by molar-refractivity contribution is 0.503. The van der Waals surface area contributed by atoms with Gasteiger partial charge in [-0.25, -0.2) is 4.39 Å². The van der Waals surface area contributed by atoms with Gasteiger partial charge in [-0.2, -0.15) is 0 Å². The van der Waals surface area contributed by atoms with Gasteiger partial charge in [0, 0.05) is 29.9 Å². The van der Waals surface area contributed by atoms with Gasteiger partial charge in [0.1, 0.15) is 5.82 Å². The largest absolute Gasteiger partial charge is 0.310 e.